The standard InChI is InChI=1S/C19H11BrN2O/c20-13-3-6-19-15(9-13)14-7-11(2-5-18(14)23-19)12-1-4-16-17(8-12)22-10-21-16/h1-10H,(H,21,22). The summed E-state index contributed by atoms with van der Waals surface area (Å²) >= 11 is 3.54. The van der Waals surface area contributed by atoms with Crippen molar-refractivity contribution in [3.05, 3.63) is 65.4 Å². The van der Waals surface area contributed by atoms with Crippen LogP contribution in [0.2, 0.25) is 0 Å². The summed E-state index contributed by atoms with van der Waals surface area (Å²) in [4.78, 5) is 7.46. The minimum Gasteiger partial charge on any atom is -0.456 e. The highest BCUT2D eigenvalue weighted by Crippen LogP contribution is 2.34. The third-order valence-electron chi connectivity index (χ3n) is 4.19. The summed E-state index contributed by atoms with van der Waals surface area (Å²) in [7, 11) is 0. The Morgan fingerprint density at radius 3 is 2.48 bits per heavy atom. The lowest BCUT2D eigenvalue weighted by Crippen LogP contribution is -1.79. The van der Waals surface area contributed by atoms with Gasteiger partial charge in [-0.05, 0) is 53.6 Å². The predicted molar refractivity (Wildman–Crippen MR) is 96.5 cm³/mol. The molecular formula is C19H11BrN2O. The van der Waals surface area contributed by atoms with E-state index in [1.54, 1.807) is 6.33 Å². The molecule has 0 saturated carbocycles. The van der Waals surface area contributed by atoms with Crippen molar-refractivity contribution < 1.29 is 4.42 Å². The molecule has 23 heavy (non-hydrogen) atoms. The van der Waals surface area contributed by atoms with Crippen molar-refractivity contribution in [2.75, 3.05) is 0 Å². The highest BCUT2D eigenvalue weighted by molar-refractivity contribution is 9.10. The Balaban J connectivity index is 1.77. The van der Waals surface area contributed by atoms with E-state index < -0.39 is 0 Å². The van der Waals surface area contributed by atoms with Crippen molar-refractivity contribution in [3.8, 4) is 11.1 Å². The van der Waals surface area contributed by atoms with Crippen molar-refractivity contribution in [3.63, 3.8) is 0 Å². The number of H-pyrrole nitrogens is 1. The SMILES string of the molecule is Brc1ccc2oc3ccc(-c4ccc5[nH]cnc5c4)cc3c2c1. The van der Waals surface area contributed by atoms with Crippen LogP contribution in [-0.2, 0) is 0 Å². The fraction of sp³-hybridized carbons (Fsp3) is 0. The number of furan rings is 1. The largest absolute Gasteiger partial charge is 0.456 e. The highest BCUT2D eigenvalue weighted by Gasteiger charge is 2.09. The van der Waals surface area contributed by atoms with Gasteiger partial charge in [-0.15, -0.1) is 0 Å². The third-order valence-corrected chi connectivity index (χ3v) is 4.68. The zero-order chi connectivity index (χ0) is 15.4. The minimum absolute atomic E-state index is 0.905. The molecular weight excluding hydrogens is 352 g/mol. The zero-order valence-corrected chi connectivity index (χ0v) is 13.6. The smallest absolute Gasteiger partial charge is 0.135 e. The lowest BCUT2D eigenvalue weighted by molar-refractivity contribution is 0.669. The van der Waals surface area contributed by atoms with Crippen LogP contribution in [-0.4, -0.2) is 9.97 Å². The van der Waals surface area contributed by atoms with Crippen molar-refractivity contribution in [2.24, 2.45) is 0 Å². The number of aromatic amines is 1. The fourth-order valence-corrected chi connectivity index (χ4v) is 3.40. The number of halogens is 1. The van der Waals surface area contributed by atoms with Gasteiger partial charge >= 0.3 is 0 Å². The molecule has 0 atom stereocenters. The normalized spacial score (nSPS) is 11.7. The van der Waals surface area contributed by atoms with Crippen LogP contribution < -0.4 is 0 Å². The molecule has 0 unspecified atom stereocenters. The van der Waals surface area contributed by atoms with E-state index in [-0.39, 0.29) is 0 Å². The van der Waals surface area contributed by atoms with Crippen molar-refractivity contribution in [2.45, 2.75) is 0 Å². The van der Waals surface area contributed by atoms with Gasteiger partial charge in [-0.3, -0.25) is 0 Å². The first-order chi connectivity index (χ1) is 11.3. The van der Waals surface area contributed by atoms with E-state index in [9.17, 15) is 0 Å². The Bertz CT molecular complexity index is 1190. The summed E-state index contributed by atoms with van der Waals surface area (Å²) in [6.45, 7) is 0. The number of nitrogens with zero attached hydrogens (tertiary/aromatic N) is 1. The number of hydrogen-bond acceptors (Lipinski definition) is 2. The summed E-state index contributed by atoms with van der Waals surface area (Å²) in [6.07, 6.45) is 1.72. The van der Waals surface area contributed by atoms with E-state index in [1.165, 1.54) is 0 Å². The Kier molecular flexibility index (Phi) is 2.64. The summed E-state index contributed by atoms with van der Waals surface area (Å²) < 4.78 is 6.97. The molecule has 5 aromatic rings. The van der Waals surface area contributed by atoms with Crippen molar-refractivity contribution >= 4 is 48.9 Å². The second kappa shape index (κ2) is 4.70. The second-order valence-corrected chi connectivity index (χ2v) is 6.50. The maximum absolute atomic E-state index is 5.92. The van der Waals surface area contributed by atoms with Gasteiger partial charge in [-0.25, -0.2) is 4.98 Å². The number of nitrogens with one attached hydrogen (secondary N) is 1. The molecule has 110 valence electrons. The van der Waals surface area contributed by atoms with E-state index in [4.69, 9.17) is 4.42 Å². The second-order valence-electron chi connectivity index (χ2n) is 5.59. The van der Waals surface area contributed by atoms with Gasteiger partial charge in [0.1, 0.15) is 11.2 Å². The molecule has 0 amide bonds. The summed E-state index contributed by atoms with van der Waals surface area (Å²) in [5.41, 5.74) is 6.14. The molecule has 4 heteroatoms. The molecule has 3 aromatic carbocycles. The number of aromatic nitrogens is 2. The van der Waals surface area contributed by atoms with Gasteiger partial charge in [0.15, 0.2) is 0 Å². The minimum atomic E-state index is 0.905. The molecule has 0 aliphatic carbocycles. The monoisotopic (exact) mass is 362 g/mol. The predicted octanol–water partition coefficient (Wildman–Crippen LogP) is 5.89. The molecule has 2 heterocycles. The van der Waals surface area contributed by atoms with Gasteiger partial charge in [-0.2, -0.15) is 0 Å². The van der Waals surface area contributed by atoms with Gasteiger partial charge < -0.3 is 9.40 Å². The topological polar surface area (TPSA) is 41.8 Å². The van der Waals surface area contributed by atoms with Gasteiger partial charge in [0.2, 0.25) is 0 Å². The first kappa shape index (κ1) is 12.9. The average molecular weight is 363 g/mol. The lowest BCUT2D eigenvalue weighted by Gasteiger charge is -2.02. The van der Waals surface area contributed by atoms with Crippen molar-refractivity contribution in [1.29, 1.82) is 0 Å². The van der Waals surface area contributed by atoms with Gasteiger partial charge in [-0.1, -0.05) is 28.1 Å². The van der Waals surface area contributed by atoms with Crippen LogP contribution in [0.4, 0.5) is 0 Å². The summed E-state index contributed by atoms with van der Waals surface area (Å²) in [5.74, 6) is 0. The first-order valence-electron chi connectivity index (χ1n) is 7.33. The lowest BCUT2D eigenvalue weighted by atomic mass is 10.0. The Morgan fingerprint density at radius 2 is 1.57 bits per heavy atom. The molecule has 0 spiro atoms. The van der Waals surface area contributed by atoms with Crippen LogP contribution in [0.25, 0.3) is 44.1 Å². The number of benzene rings is 3. The maximum Gasteiger partial charge on any atom is 0.135 e. The van der Waals surface area contributed by atoms with E-state index in [0.717, 1.165) is 48.6 Å². The first-order valence-corrected chi connectivity index (χ1v) is 8.12. The van der Waals surface area contributed by atoms with Crippen LogP contribution in [0.3, 0.4) is 0 Å². The molecule has 0 saturated heterocycles. The molecule has 5 rings (SSSR count). The Hall–Kier alpha value is -2.59. The van der Waals surface area contributed by atoms with E-state index in [1.807, 2.05) is 18.2 Å². The van der Waals surface area contributed by atoms with Gasteiger partial charge in [0, 0.05) is 15.2 Å². The van der Waals surface area contributed by atoms with Gasteiger partial charge in [0.05, 0.1) is 17.4 Å². The summed E-state index contributed by atoms with van der Waals surface area (Å²) in [5, 5.41) is 2.25. The van der Waals surface area contributed by atoms with Crippen LogP contribution in [0.5, 0.6) is 0 Å². The van der Waals surface area contributed by atoms with Crippen LogP contribution in [0, 0.1) is 0 Å². The molecule has 1 N–H and O–H groups in total. The molecule has 0 aliphatic heterocycles. The number of fused-ring (bicyclic) bond motifs is 4. The molecule has 0 bridgehead atoms. The summed E-state index contributed by atoms with van der Waals surface area (Å²) in [6, 6.07) is 18.7. The van der Waals surface area contributed by atoms with Gasteiger partial charge in [0.25, 0.3) is 0 Å². The fourth-order valence-electron chi connectivity index (χ4n) is 3.04. The van der Waals surface area contributed by atoms with Crippen LogP contribution >= 0.6 is 15.9 Å². The maximum atomic E-state index is 5.92. The van der Waals surface area contributed by atoms with E-state index in [2.05, 4.69) is 62.3 Å². The zero-order valence-electron chi connectivity index (χ0n) is 12.0. The van der Waals surface area contributed by atoms with Crippen LogP contribution in [0.1, 0.15) is 0 Å². The number of imidazole rings is 1. The molecule has 3 nitrogen and oxygen atoms in total. The Morgan fingerprint density at radius 1 is 0.826 bits per heavy atom. The molecule has 0 fully saturated rings. The molecule has 0 radical (unpaired) electrons. The quantitative estimate of drug-likeness (QED) is 0.403. The average Bonchev–Trinajstić information content (AvgIpc) is 3.17. The Labute approximate surface area is 140 Å². The van der Waals surface area contributed by atoms with Crippen molar-refractivity contribution in [1.82, 2.24) is 9.97 Å². The highest BCUT2D eigenvalue weighted by atomic mass is 79.9. The molecule has 2 aromatic heterocycles. The van der Waals surface area contributed by atoms with E-state index >= 15 is 0 Å². The number of hydrogen-bond donors (Lipinski definition) is 1. The number of rotatable bonds is 1. The van der Waals surface area contributed by atoms with E-state index in [0.29, 0.717) is 0 Å². The van der Waals surface area contributed by atoms with Crippen LogP contribution in [0.15, 0.2) is 69.8 Å². The third kappa shape index (κ3) is 1.99. The molecule has 0 aliphatic rings.